The zero-order valence-corrected chi connectivity index (χ0v) is 40.5. The van der Waals surface area contributed by atoms with Gasteiger partial charge in [0, 0.05) is 96.8 Å². The van der Waals surface area contributed by atoms with Crippen molar-refractivity contribution < 1.29 is 14.6 Å². The Kier molecular flexibility index (Phi) is 15.6. The molecule has 0 bridgehead atoms. The van der Waals surface area contributed by atoms with Crippen LogP contribution in [-0.2, 0) is 17.9 Å². The highest BCUT2D eigenvalue weighted by Crippen LogP contribution is 2.27. The number of carbonyl (C=O) groups is 1. The molecule has 0 saturated heterocycles. The lowest BCUT2D eigenvalue weighted by atomic mass is 10.1. The normalized spacial score (nSPS) is 11.0. The van der Waals surface area contributed by atoms with Crippen LogP contribution in [-0.4, -0.2) is 63.5 Å². The molecule has 10 aromatic rings. The number of para-hydroxylation sites is 4. The van der Waals surface area contributed by atoms with Crippen molar-refractivity contribution in [2.24, 2.45) is 0 Å². The third-order valence-electron chi connectivity index (χ3n) is 11.8. The molecular weight excluding hydrogens is 951 g/mol. The summed E-state index contributed by atoms with van der Waals surface area (Å²) in [6.45, 7) is 1.13. The first kappa shape index (κ1) is 50.8. The van der Waals surface area contributed by atoms with E-state index in [1.807, 2.05) is 94.3 Å². The van der Waals surface area contributed by atoms with Gasteiger partial charge in [0.2, 0.25) is 6.41 Å². The largest absolute Gasteiger partial charge is 0.351 e. The fourth-order valence-electron chi connectivity index (χ4n) is 8.37. The Bertz CT molecular complexity index is 3820. The Morgan fingerprint density at radius 2 is 0.920 bits per heavy atom. The average molecular weight is 996 g/mol. The van der Waals surface area contributed by atoms with Gasteiger partial charge in [-0.25, -0.2) is 9.97 Å². The molecule has 10 rings (SSSR count). The second kappa shape index (κ2) is 23.1. The van der Waals surface area contributed by atoms with Gasteiger partial charge in [0.25, 0.3) is 22.5 Å². The molecule has 0 atom stereocenters. The zero-order chi connectivity index (χ0) is 53.0. The van der Waals surface area contributed by atoms with Gasteiger partial charge in [-0.15, -0.1) is 0 Å². The lowest BCUT2D eigenvalue weighted by Crippen LogP contribution is -2.22. The highest BCUT2D eigenvalue weighted by atomic mass is 16.6. The number of amides is 1. The summed E-state index contributed by atoms with van der Waals surface area (Å²) in [6, 6.07) is 46.1. The van der Waals surface area contributed by atoms with Crippen LogP contribution in [0.15, 0.2) is 168 Å². The van der Waals surface area contributed by atoms with Gasteiger partial charge in [-0.05, 0) is 72.8 Å². The summed E-state index contributed by atoms with van der Waals surface area (Å²) in [6.07, 6.45) is 12.7. The van der Waals surface area contributed by atoms with Crippen LogP contribution in [0.1, 0.15) is 35.6 Å². The first-order valence-corrected chi connectivity index (χ1v) is 23.3. The molecule has 0 spiro atoms. The lowest BCUT2D eigenvalue weighted by Gasteiger charge is -2.11. The van der Waals surface area contributed by atoms with Crippen LogP contribution in [0.3, 0.4) is 0 Å². The summed E-state index contributed by atoms with van der Waals surface area (Å²) in [7, 11) is 3.38. The zero-order valence-electron chi connectivity index (χ0n) is 40.5. The number of non-ortho nitro benzene ring substituents is 2. The standard InChI is InChI=1S/2C27H19N5O3.C3H7NO/c2*28-15-6-16-30-18-19(22-9-2-4-12-25(22)30)13-14-26-29-24-11-3-1-10-23(24)27(33)31(26)20-7-5-8-21(17-20)32(34)35;1-4(2)3-5/h2*1-5,7-14,17-18H,6,16H2;3H,1-2H3/b2*14-13+;. The van der Waals surface area contributed by atoms with Crippen molar-refractivity contribution in [2.75, 3.05) is 14.1 Å². The molecule has 4 heterocycles. The molecule has 370 valence electrons. The van der Waals surface area contributed by atoms with Crippen molar-refractivity contribution in [3.63, 3.8) is 0 Å². The summed E-state index contributed by atoms with van der Waals surface area (Å²) in [4.78, 5) is 68.9. The number of nitriles is 2. The quantitative estimate of drug-likeness (QED) is 0.0598. The summed E-state index contributed by atoms with van der Waals surface area (Å²) in [5, 5.41) is 43.6. The van der Waals surface area contributed by atoms with E-state index in [4.69, 9.17) is 20.5 Å². The van der Waals surface area contributed by atoms with E-state index in [9.17, 15) is 34.6 Å². The molecule has 0 aliphatic carbocycles. The monoisotopic (exact) mass is 995 g/mol. The fraction of sp³-hybridized carbons (Fsp3) is 0.105. The predicted octanol–water partition coefficient (Wildman–Crippen LogP) is 10.4. The van der Waals surface area contributed by atoms with Crippen molar-refractivity contribution >= 4 is 85.7 Å². The Hall–Kier alpha value is -10.6. The van der Waals surface area contributed by atoms with Gasteiger partial charge in [0.15, 0.2) is 0 Å². The number of hydrogen-bond acceptors (Lipinski definition) is 11. The molecule has 6 aromatic carbocycles. The maximum Gasteiger partial charge on any atom is 0.271 e. The van der Waals surface area contributed by atoms with E-state index in [1.54, 1.807) is 86.9 Å². The number of aromatic nitrogens is 6. The summed E-state index contributed by atoms with van der Waals surface area (Å²) >= 11 is 0. The van der Waals surface area contributed by atoms with Gasteiger partial charge in [0.05, 0.1) is 68.0 Å². The van der Waals surface area contributed by atoms with E-state index in [2.05, 4.69) is 12.1 Å². The van der Waals surface area contributed by atoms with Gasteiger partial charge < -0.3 is 14.0 Å². The van der Waals surface area contributed by atoms with Crippen LogP contribution in [0.4, 0.5) is 11.4 Å². The second-order valence-electron chi connectivity index (χ2n) is 17.0. The summed E-state index contributed by atoms with van der Waals surface area (Å²) < 4.78 is 6.83. The number of aryl methyl sites for hydroxylation is 2. The maximum atomic E-state index is 13.5. The number of nitrogens with zero attached hydrogens (tertiary/aromatic N) is 11. The van der Waals surface area contributed by atoms with E-state index in [1.165, 1.54) is 38.3 Å². The molecule has 0 N–H and O–H groups in total. The molecule has 18 nitrogen and oxygen atoms in total. The third kappa shape index (κ3) is 11.3. The van der Waals surface area contributed by atoms with E-state index in [0.29, 0.717) is 70.8 Å². The highest BCUT2D eigenvalue weighted by Gasteiger charge is 2.17. The SMILES string of the molecule is CN(C)C=O.N#CCCn1cc(/C=C/c2nc3ccccc3c(=O)n2-c2cccc([N+](=O)[O-])c2)c2ccccc21.N#CCCn1cc(/C=C/c2nc3ccccc3c(=O)n2-c2cccc([N+](=O)[O-])c2)c2ccccc21. The number of hydrogen-bond donors (Lipinski definition) is 0. The minimum absolute atomic E-state index is 0.113. The number of nitro groups is 2. The third-order valence-corrected chi connectivity index (χ3v) is 11.8. The smallest absolute Gasteiger partial charge is 0.271 e. The van der Waals surface area contributed by atoms with Gasteiger partial charge in [-0.3, -0.25) is 43.7 Å². The molecular formula is C57H45N11O7. The van der Waals surface area contributed by atoms with Crippen LogP contribution in [0.5, 0.6) is 0 Å². The molecule has 0 fully saturated rings. The molecule has 0 unspecified atom stereocenters. The molecule has 4 aromatic heterocycles. The van der Waals surface area contributed by atoms with Gasteiger partial charge in [0.1, 0.15) is 11.6 Å². The van der Waals surface area contributed by atoms with Crippen LogP contribution in [0.2, 0.25) is 0 Å². The van der Waals surface area contributed by atoms with Crippen LogP contribution in [0, 0.1) is 42.9 Å². The minimum atomic E-state index is -0.491. The Labute approximate surface area is 427 Å². The lowest BCUT2D eigenvalue weighted by molar-refractivity contribution is -0.385. The number of fused-ring (bicyclic) bond motifs is 4. The molecule has 0 aliphatic heterocycles. The van der Waals surface area contributed by atoms with Crippen molar-refractivity contribution in [1.82, 2.24) is 33.1 Å². The second-order valence-corrected chi connectivity index (χ2v) is 17.0. The van der Waals surface area contributed by atoms with E-state index in [-0.39, 0.29) is 22.5 Å². The van der Waals surface area contributed by atoms with Crippen molar-refractivity contribution in [2.45, 2.75) is 25.9 Å². The van der Waals surface area contributed by atoms with E-state index < -0.39 is 9.85 Å². The van der Waals surface area contributed by atoms with Gasteiger partial charge in [-0.2, -0.15) is 10.5 Å². The molecule has 1 amide bonds. The highest BCUT2D eigenvalue weighted by molar-refractivity contribution is 5.93. The van der Waals surface area contributed by atoms with E-state index >= 15 is 0 Å². The number of nitro benzene ring substituents is 2. The Morgan fingerprint density at radius 1 is 0.547 bits per heavy atom. The van der Waals surface area contributed by atoms with Crippen LogP contribution < -0.4 is 11.1 Å². The molecule has 0 aliphatic rings. The topological polar surface area (TPSA) is 234 Å². The van der Waals surface area contributed by atoms with E-state index in [0.717, 1.165) is 39.3 Å². The average Bonchev–Trinajstić information content (AvgIpc) is 3.99. The molecule has 0 saturated carbocycles. The maximum absolute atomic E-state index is 13.5. The molecule has 75 heavy (non-hydrogen) atoms. The fourth-order valence-corrected chi connectivity index (χ4v) is 8.37. The van der Waals surface area contributed by atoms with Crippen molar-refractivity contribution in [3.05, 3.63) is 222 Å². The number of carbonyl (C=O) groups excluding carboxylic acids is 1. The summed E-state index contributed by atoms with van der Waals surface area (Å²) in [5.41, 5.74) is 4.77. The number of rotatable bonds is 13. The predicted molar refractivity (Wildman–Crippen MR) is 290 cm³/mol. The first-order valence-electron chi connectivity index (χ1n) is 23.3. The number of benzene rings is 6. The van der Waals surface area contributed by atoms with Gasteiger partial charge >= 0.3 is 0 Å². The Morgan fingerprint density at radius 3 is 1.29 bits per heavy atom. The van der Waals surface area contributed by atoms with Crippen molar-refractivity contribution in [3.8, 4) is 23.5 Å². The molecule has 0 radical (unpaired) electrons. The summed E-state index contributed by atoms with van der Waals surface area (Å²) in [5.74, 6) is 0.700. The van der Waals surface area contributed by atoms with Crippen LogP contribution in [0.25, 0.3) is 79.3 Å². The van der Waals surface area contributed by atoms with Crippen LogP contribution >= 0.6 is 0 Å². The molecule has 18 heteroatoms. The van der Waals surface area contributed by atoms with Crippen molar-refractivity contribution in [1.29, 1.82) is 10.5 Å². The van der Waals surface area contributed by atoms with Gasteiger partial charge in [-0.1, -0.05) is 72.8 Å². The minimum Gasteiger partial charge on any atom is -0.351 e. The first-order chi connectivity index (χ1) is 36.4. The Balaban J connectivity index is 0.000000183.